The number of amides is 1. The van der Waals surface area contributed by atoms with E-state index in [1.807, 2.05) is 54.6 Å². The Morgan fingerprint density at radius 2 is 1.84 bits per heavy atom. The van der Waals surface area contributed by atoms with Crippen LogP contribution in [-0.2, 0) is 0 Å². The van der Waals surface area contributed by atoms with Gasteiger partial charge in [0, 0.05) is 18.1 Å². The van der Waals surface area contributed by atoms with Gasteiger partial charge in [0.15, 0.2) is 0 Å². The summed E-state index contributed by atoms with van der Waals surface area (Å²) in [5.74, 6) is 0.292. The van der Waals surface area contributed by atoms with Gasteiger partial charge >= 0.3 is 0 Å². The standard InChI is InChI=1S/C23H18ClN3O4/c1-31-18-10-7-15(8-11-18)20-14-21(16-5-3-2-4-6-16)26(25-20)23(28)17-9-12-19(24)22(13-17)27(29)30/h2-13,21H,14H2,1H3/t21-/m0/s1. The van der Waals surface area contributed by atoms with E-state index in [1.165, 1.54) is 23.2 Å². The lowest BCUT2D eigenvalue weighted by Gasteiger charge is -2.22. The maximum Gasteiger partial charge on any atom is 0.288 e. The Labute approximate surface area is 183 Å². The van der Waals surface area contributed by atoms with Gasteiger partial charge in [-0.3, -0.25) is 14.9 Å². The largest absolute Gasteiger partial charge is 0.497 e. The van der Waals surface area contributed by atoms with E-state index >= 15 is 0 Å². The molecule has 4 rings (SSSR count). The molecule has 3 aromatic carbocycles. The highest BCUT2D eigenvalue weighted by atomic mass is 35.5. The predicted octanol–water partition coefficient (Wildman–Crippen LogP) is 5.25. The number of nitrogens with zero attached hydrogens (tertiary/aromatic N) is 3. The fraction of sp³-hybridized carbons (Fsp3) is 0.130. The van der Waals surface area contributed by atoms with Crippen LogP contribution in [0.25, 0.3) is 0 Å². The Kier molecular flexibility index (Phi) is 5.68. The summed E-state index contributed by atoms with van der Waals surface area (Å²) in [6, 6.07) is 20.7. The number of rotatable bonds is 5. The van der Waals surface area contributed by atoms with Crippen LogP contribution in [0, 0.1) is 10.1 Å². The molecule has 0 unspecified atom stereocenters. The summed E-state index contributed by atoms with van der Waals surface area (Å²) in [5.41, 5.74) is 2.37. The molecule has 1 aliphatic heterocycles. The first-order valence-electron chi connectivity index (χ1n) is 9.52. The van der Waals surface area contributed by atoms with Crippen molar-refractivity contribution in [2.45, 2.75) is 12.5 Å². The van der Waals surface area contributed by atoms with Crippen LogP contribution in [0.4, 0.5) is 5.69 Å². The molecule has 0 fully saturated rings. The van der Waals surface area contributed by atoms with E-state index in [9.17, 15) is 14.9 Å². The number of hydrogen-bond acceptors (Lipinski definition) is 5. The number of halogens is 1. The van der Waals surface area contributed by atoms with E-state index in [-0.39, 0.29) is 22.3 Å². The lowest BCUT2D eigenvalue weighted by molar-refractivity contribution is -0.384. The quantitative estimate of drug-likeness (QED) is 0.404. The monoisotopic (exact) mass is 435 g/mol. The van der Waals surface area contributed by atoms with Gasteiger partial charge < -0.3 is 4.74 Å². The normalized spacial score (nSPS) is 15.5. The molecule has 7 nitrogen and oxygen atoms in total. The van der Waals surface area contributed by atoms with Crippen molar-refractivity contribution in [2.75, 3.05) is 7.11 Å². The maximum atomic E-state index is 13.3. The minimum absolute atomic E-state index is 0.0231. The molecule has 0 saturated carbocycles. The van der Waals surface area contributed by atoms with Gasteiger partial charge in [-0.05, 0) is 47.5 Å². The molecule has 1 aliphatic rings. The van der Waals surface area contributed by atoms with Crippen molar-refractivity contribution in [2.24, 2.45) is 5.10 Å². The Balaban J connectivity index is 1.73. The van der Waals surface area contributed by atoms with Crippen molar-refractivity contribution in [3.05, 3.63) is 105 Å². The fourth-order valence-electron chi connectivity index (χ4n) is 3.51. The molecular weight excluding hydrogens is 418 g/mol. The van der Waals surface area contributed by atoms with Crippen LogP contribution >= 0.6 is 11.6 Å². The Bertz CT molecular complexity index is 1160. The van der Waals surface area contributed by atoms with E-state index in [1.54, 1.807) is 7.11 Å². The summed E-state index contributed by atoms with van der Waals surface area (Å²) in [7, 11) is 1.60. The molecular formula is C23H18ClN3O4. The molecule has 0 spiro atoms. The first-order valence-corrected chi connectivity index (χ1v) is 9.90. The number of nitro benzene ring substituents is 1. The molecule has 156 valence electrons. The SMILES string of the molecule is COc1ccc(C2=NN(C(=O)c3ccc(Cl)c([N+](=O)[O-])c3)[C@H](c3ccccc3)C2)cc1. The molecule has 0 aromatic heterocycles. The molecule has 0 saturated heterocycles. The molecule has 0 radical (unpaired) electrons. The van der Waals surface area contributed by atoms with Gasteiger partial charge in [-0.1, -0.05) is 41.9 Å². The summed E-state index contributed by atoms with van der Waals surface area (Å²) in [5, 5.41) is 17.2. The number of carbonyl (C=O) groups is 1. The van der Waals surface area contributed by atoms with Crippen LogP contribution in [0.5, 0.6) is 5.75 Å². The zero-order chi connectivity index (χ0) is 22.0. The molecule has 0 N–H and O–H groups in total. The third-order valence-corrected chi connectivity index (χ3v) is 5.44. The predicted molar refractivity (Wildman–Crippen MR) is 118 cm³/mol. The van der Waals surface area contributed by atoms with Gasteiger partial charge in [0.1, 0.15) is 10.8 Å². The average Bonchev–Trinajstić information content (AvgIpc) is 3.25. The van der Waals surface area contributed by atoms with Crippen molar-refractivity contribution < 1.29 is 14.5 Å². The third-order valence-electron chi connectivity index (χ3n) is 5.12. The molecule has 3 aromatic rings. The maximum absolute atomic E-state index is 13.3. The van der Waals surface area contributed by atoms with Crippen LogP contribution < -0.4 is 4.74 Å². The van der Waals surface area contributed by atoms with E-state index in [4.69, 9.17) is 16.3 Å². The lowest BCUT2D eigenvalue weighted by Crippen LogP contribution is -2.27. The zero-order valence-corrected chi connectivity index (χ0v) is 17.3. The minimum atomic E-state index is -0.607. The summed E-state index contributed by atoms with van der Waals surface area (Å²) in [4.78, 5) is 24.0. The molecule has 8 heteroatoms. The molecule has 0 bridgehead atoms. The second-order valence-corrected chi connectivity index (χ2v) is 7.39. The fourth-order valence-corrected chi connectivity index (χ4v) is 3.69. The topological polar surface area (TPSA) is 85.0 Å². The molecule has 0 aliphatic carbocycles. The summed E-state index contributed by atoms with van der Waals surface area (Å²) in [6.07, 6.45) is 0.512. The average molecular weight is 436 g/mol. The van der Waals surface area contributed by atoms with Crippen LogP contribution in [0.3, 0.4) is 0 Å². The third kappa shape index (κ3) is 4.13. The van der Waals surface area contributed by atoms with Crippen LogP contribution in [0.1, 0.15) is 33.9 Å². The van der Waals surface area contributed by atoms with Crippen LogP contribution in [-0.4, -0.2) is 28.7 Å². The van der Waals surface area contributed by atoms with Crippen molar-refractivity contribution in [1.29, 1.82) is 0 Å². The van der Waals surface area contributed by atoms with Crippen LogP contribution in [0.15, 0.2) is 77.9 Å². The Hall–Kier alpha value is -3.71. The number of methoxy groups -OCH3 is 1. The highest BCUT2D eigenvalue weighted by Crippen LogP contribution is 2.35. The molecule has 31 heavy (non-hydrogen) atoms. The van der Waals surface area contributed by atoms with Crippen molar-refractivity contribution in [3.63, 3.8) is 0 Å². The van der Waals surface area contributed by atoms with Gasteiger partial charge in [-0.2, -0.15) is 5.10 Å². The zero-order valence-electron chi connectivity index (χ0n) is 16.6. The highest BCUT2D eigenvalue weighted by molar-refractivity contribution is 6.32. The minimum Gasteiger partial charge on any atom is -0.497 e. The van der Waals surface area contributed by atoms with E-state index in [2.05, 4.69) is 5.10 Å². The number of benzene rings is 3. The first-order chi connectivity index (χ1) is 15.0. The van der Waals surface area contributed by atoms with Gasteiger partial charge in [0.25, 0.3) is 11.6 Å². The van der Waals surface area contributed by atoms with Gasteiger partial charge in [-0.25, -0.2) is 5.01 Å². The first kappa shape index (κ1) is 20.6. The Morgan fingerprint density at radius 3 is 2.48 bits per heavy atom. The molecule has 1 atom stereocenters. The smallest absolute Gasteiger partial charge is 0.288 e. The Morgan fingerprint density at radius 1 is 1.13 bits per heavy atom. The summed E-state index contributed by atoms with van der Waals surface area (Å²) in [6.45, 7) is 0. The van der Waals surface area contributed by atoms with Crippen molar-refractivity contribution in [3.8, 4) is 5.75 Å². The second kappa shape index (κ2) is 8.57. The van der Waals surface area contributed by atoms with Gasteiger partial charge in [0.05, 0.1) is 23.8 Å². The van der Waals surface area contributed by atoms with E-state index in [0.29, 0.717) is 6.42 Å². The van der Waals surface area contributed by atoms with E-state index < -0.39 is 10.8 Å². The lowest BCUT2D eigenvalue weighted by atomic mass is 9.98. The van der Waals surface area contributed by atoms with E-state index in [0.717, 1.165) is 22.6 Å². The highest BCUT2D eigenvalue weighted by Gasteiger charge is 2.34. The second-order valence-electron chi connectivity index (χ2n) is 6.98. The number of hydrogen-bond donors (Lipinski definition) is 0. The van der Waals surface area contributed by atoms with Crippen molar-refractivity contribution in [1.82, 2.24) is 5.01 Å². The molecule has 1 amide bonds. The van der Waals surface area contributed by atoms with Gasteiger partial charge in [0.2, 0.25) is 0 Å². The number of carbonyl (C=O) groups excluding carboxylic acids is 1. The number of ether oxygens (including phenoxy) is 1. The molecule has 1 heterocycles. The number of hydrazone groups is 1. The summed E-state index contributed by atoms with van der Waals surface area (Å²) >= 11 is 5.90. The summed E-state index contributed by atoms with van der Waals surface area (Å²) < 4.78 is 5.21. The van der Waals surface area contributed by atoms with Crippen molar-refractivity contribution >= 4 is 28.9 Å². The van der Waals surface area contributed by atoms with Crippen LogP contribution in [0.2, 0.25) is 5.02 Å². The van der Waals surface area contributed by atoms with Gasteiger partial charge in [-0.15, -0.1) is 0 Å². The number of nitro groups is 1.